The minimum atomic E-state index is -0.288. The van der Waals surface area contributed by atoms with Gasteiger partial charge in [0.1, 0.15) is 6.10 Å². The highest BCUT2D eigenvalue weighted by molar-refractivity contribution is 5.80. The Morgan fingerprint density at radius 1 is 1.28 bits per heavy atom. The molecule has 5 nitrogen and oxygen atoms in total. The molecule has 2 saturated heterocycles. The van der Waals surface area contributed by atoms with Gasteiger partial charge in [0.15, 0.2) is 0 Å². The van der Waals surface area contributed by atoms with Crippen LogP contribution in [0, 0.1) is 28.6 Å². The van der Waals surface area contributed by atoms with Crippen molar-refractivity contribution in [2.24, 2.45) is 28.6 Å². The van der Waals surface area contributed by atoms with Crippen molar-refractivity contribution in [2.75, 3.05) is 6.61 Å². The van der Waals surface area contributed by atoms with Crippen molar-refractivity contribution >= 4 is 11.9 Å². The third-order valence-corrected chi connectivity index (χ3v) is 7.39. The fourth-order valence-electron chi connectivity index (χ4n) is 6.09. The summed E-state index contributed by atoms with van der Waals surface area (Å²) in [6.45, 7) is 2.67. The Morgan fingerprint density at radius 2 is 2.16 bits per heavy atom. The number of hydrogen-bond acceptors (Lipinski definition) is 5. The number of carbonyl (C=O) groups is 2. The molecule has 1 unspecified atom stereocenters. The largest absolute Gasteiger partial charge is 0.472 e. The molecule has 0 N–H and O–H groups in total. The first-order valence-electron chi connectivity index (χ1n) is 9.10. The molecule has 4 aliphatic rings. The van der Waals surface area contributed by atoms with Crippen molar-refractivity contribution in [1.82, 2.24) is 0 Å². The van der Waals surface area contributed by atoms with E-state index >= 15 is 0 Å². The summed E-state index contributed by atoms with van der Waals surface area (Å²) in [5, 5.41) is 0. The fourth-order valence-corrected chi connectivity index (χ4v) is 6.09. The zero-order valence-corrected chi connectivity index (χ0v) is 14.3. The fraction of sp³-hybridized carbons (Fsp3) is 0.600. The molecule has 3 heterocycles. The summed E-state index contributed by atoms with van der Waals surface area (Å²) in [6, 6.07) is 1.93. The number of cyclic esters (lactones) is 2. The van der Waals surface area contributed by atoms with E-state index in [1.165, 1.54) is 0 Å². The van der Waals surface area contributed by atoms with Gasteiger partial charge in [-0.3, -0.25) is 9.59 Å². The van der Waals surface area contributed by atoms with E-state index in [0.717, 1.165) is 24.8 Å². The van der Waals surface area contributed by atoms with Crippen molar-refractivity contribution in [2.45, 2.75) is 38.7 Å². The first kappa shape index (κ1) is 15.2. The van der Waals surface area contributed by atoms with Crippen molar-refractivity contribution in [3.8, 4) is 0 Å². The monoisotopic (exact) mass is 342 g/mol. The Morgan fingerprint density at radius 3 is 2.96 bits per heavy atom. The number of furan rings is 1. The maximum Gasteiger partial charge on any atom is 0.313 e. The lowest BCUT2D eigenvalue weighted by Crippen LogP contribution is -2.56. The molecule has 3 fully saturated rings. The van der Waals surface area contributed by atoms with Crippen LogP contribution in [-0.4, -0.2) is 24.6 Å². The van der Waals surface area contributed by atoms with Crippen LogP contribution in [0.25, 0.3) is 0 Å². The summed E-state index contributed by atoms with van der Waals surface area (Å²) in [4.78, 5) is 24.9. The summed E-state index contributed by atoms with van der Waals surface area (Å²) in [5.41, 5.74) is 0.574. The zero-order valence-electron chi connectivity index (χ0n) is 14.3. The average Bonchev–Trinajstić information content (AvgIpc) is 3.28. The van der Waals surface area contributed by atoms with E-state index in [9.17, 15) is 9.59 Å². The van der Waals surface area contributed by atoms with E-state index in [0.29, 0.717) is 13.0 Å². The maximum atomic E-state index is 12.6. The van der Waals surface area contributed by atoms with Gasteiger partial charge in [0.2, 0.25) is 0 Å². The molecule has 132 valence electrons. The van der Waals surface area contributed by atoms with Crippen LogP contribution in [0.4, 0.5) is 0 Å². The van der Waals surface area contributed by atoms with Crippen LogP contribution >= 0.6 is 0 Å². The average molecular weight is 342 g/mol. The lowest BCUT2D eigenvalue weighted by Gasteiger charge is -2.55. The van der Waals surface area contributed by atoms with Crippen LogP contribution in [-0.2, 0) is 25.5 Å². The molecule has 1 aromatic heterocycles. The Bertz CT molecular complexity index is 750. The Kier molecular flexibility index (Phi) is 3.04. The molecule has 25 heavy (non-hydrogen) atoms. The highest BCUT2D eigenvalue weighted by atomic mass is 16.6. The minimum absolute atomic E-state index is 0.0813. The highest BCUT2D eigenvalue weighted by Crippen LogP contribution is 2.66. The van der Waals surface area contributed by atoms with Crippen LogP contribution in [0.2, 0.25) is 0 Å². The number of rotatable bonds is 2. The van der Waals surface area contributed by atoms with Gasteiger partial charge in [-0.25, -0.2) is 0 Å². The summed E-state index contributed by atoms with van der Waals surface area (Å²) in [5.74, 6) is -0.248. The maximum absolute atomic E-state index is 12.6. The highest BCUT2D eigenvalue weighted by Gasteiger charge is 2.69. The van der Waals surface area contributed by atoms with Crippen molar-refractivity contribution < 1.29 is 23.5 Å². The van der Waals surface area contributed by atoms with Gasteiger partial charge in [-0.2, -0.15) is 0 Å². The van der Waals surface area contributed by atoms with Gasteiger partial charge in [0.25, 0.3) is 0 Å². The second-order valence-electron chi connectivity index (χ2n) is 8.25. The van der Waals surface area contributed by atoms with Crippen LogP contribution < -0.4 is 0 Å². The van der Waals surface area contributed by atoms with Crippen molar-refractivity contribution in [3.63, 3.8) is 0 Å². The van der Waals surface area contributed by atoms with Crippen molar-refractivity contribution in [1.29, 1.82) is 0 Å². The molecule has 1 aromatic rings. The van der Waals surface area contributed by atoms with E-state index in [2.05, 4.69) is 13.0 Å². The first-order valence-corrected chi connectivity index (χ1v) is 9.10. The predicted molar refractivity (Wildman–Crippen MR) is 87.3 cm³/mol. The first-order chi connectivity index (χ1) is 12.1. The Labute approximate surface area is 146 Å². The summed E-state index contributed by atoms with van der Waals surface area (Å²) in [6.07, 6.45) is 10.5. The van der Waals surface area contributed by atoms with Crippen LogP contribution in [0.3, 0.4) is 0 Å². The number of hydrogen-bond donors (Lipinski definition) is 0. The molecule has 0 radical (unpaired) electrons. The molecule has 5 rings (SSSR count). The number of carbonyl (C=O) groups excluding carboxylic acids is 2. The lowest BCUT2D eigenvalue weighted by molar-refractivity contribution is -0.144. The van der Waals surface area contributed by atoms with E-state index in [1.807, 2.05) is 12.1 Å². The third kappa shape index (κ3) is 1.84. The van der Waals surface area contributed by atoms with Crippen LogP contribution in [0.5, 0.6) is 0 Å². The molecule has 2 aliphatic carbocycles. The van der Waals surface area contributed by atoms with Gasteiger partial charge in [0, 0.05) is 17.3 Å². The standard InChI is InChI=1S/C20H22O5/c1-19-13(18(22)25-16(19)9-12-6-8-23-10-12)5-7-20-11-24-17(21)14(20)3-2-4-15(19)20/h2-3,6,8,10,13-16H,4-5,7,9,11H2,1H3/t13-,14?,15-,16+,19+,20-/m1/s1. The number of esters is 2. The smallest absolute Gasteiger partial charge is 0.313 e. The van der Waals surface area contributed by atoms with Crippen molar-refractivity contribution in [3.05, 3.63) is 36.3 Å². The lowest BCUT2D eigenvalue weighted by atomic mass is 9.45. The number of allylic oxidation sites excluding steroid dienone is 1. The molecule has 0 aromatic carbocycles. The molecule has 5 heteroatoms. The third-order valence-electron chi connectivity index (χ3n) is 7.39. The molecule has 0 bridgehead atoms. The second kappa shape index (κ2) is 4.99. The molecule has 1 spiro atoms. The summed E-state index contributed by atoms with van der Waals surface area (Å²) >= 11 is 0. The molecular formula is C20H22O5. The molecule has 2 aliphatic heterocycles. The van der Waals surface area contributed by atoms with Gasteiger partial charge in [-0.05, 0) is 36.8 Å². The van der Waals surface area contributed by atoms with Crippen LogP contribution in [0.15, 0.2) is 35.2 Å². The summed E-state index contributed by atoms with van der Waals surface area (Å²) in [7, 11) is 0. The SMILES string of the molecule is C[C@]12[C@H](Cc3ccoc3)OC(=O)[C@H]1CC[C@@]13COC(=O)C1C=CC[C@@H]32. The van der Waals surface area contributed by atoms with E-state index in [1.54, 1.807) is 12.5 Å². The quantitative estimate of drug-likeness (QED) is 0.611. The molecule has 0 amide bonds. The summed E-state index contributed by atoms with van der Waals surface area (Å²) < 4.78 is 16.6. The molecule has 6 atom stereocenters. The van der Waals surface area contributed by atoms with Crippen LogP contribution in [0.1, 0.15) is 31.7 Å². The predicted octanol–water partition coefficient (Wildman–Crippen LogP) is 2.90. The topological polar surface area (TPSA) is 65.7 Å². The minimum Gasteiger partial charge on any atom is -0.472 e. The zero-order chi connectivity index (χ0) is 17.2. The number of fused-ring (bicyclic) bond motifs is 2. The van der Waals surface area contributed by atoms with Gasteiger partial charge in [0.05, 0.1) is 31.0 Å². The van der Waals surface area contributed by atoms with E-state index in [-0.39, 0.29) is 46.6 Å². The Hall–Kier alpha value is -2.04. The van der Waals surface area contributed by atoms with Gasteiger partial charge in [-0.15, -0.1) is 0 Å². The van der Waals surface area contributed by atoms with Gasteiger partial charge in [-0.1, -0.05) is 19.1 Å². The van der Waals surface area contributed by atoms with Gasteiger partial charge >= 0.3 is 11.9 Å². The molecule has 1 saturated carbocycles. The van der Waals surface area contributed by atoms with E-state index < -0.39 is 0 Å². The number of ether oxygens (including phenoxy) is 2. The van der Waals surface area contributed by atoms with E-state index in [4.69, 9.17) is 13.9 Å². The second-order valence-corrected chi connectivity index (χ2v) is 8.25. The molecular weight excluding hydrogens is 320 g/mol. The Balaban J connectivity index is 1.57. The van der Waals surface area contributed by atoms with Gasteiger partial charge < -0.3 is 13.9 Å². The normalized spacial score (nSPS) is 44.7.